The molecule has 1 heterocycles. The summed E-state index contributed by atoms with van der Waals surface area (Å²) in [4.78, 5) is 13.3. The Hall–Kier alpha value is -0.940. The summed E-state index contributed by atoms with van der Waals surface area (Å²) in [5.74, 6) is -0.462. The van der Waals surface area contributed by atoms with E-state index in [4.69, 9.17) is 4.74 Å². The number of alkyl halides is 1. The van der Waals surface area contributed by atoms with Crippen LogP contribution in [0, 0.1) is 5.82 Å². The maximum atomic E-state index is 13.9. The summed E-state index contributed by atoms with van der Waals surface area (Å²) in [6.07, 6.45) is 0. The lowest BCUT2D eigenvalue weighted by Gasteiger charge is -2.29. The molecule has 3 nitrogen and oxygen atoms in total. The summed E-state index contributed by atoms with van der Waals surface area (Å²) in [5.41, 5.74) is 0.941. The van der Waals surface area contributed by atoms with E-state index in [1.165, 1.54) is 6.07 Å². The number of hydrogen-bond acceptors (Lipinski definition) is 3. The molecule has 0 atom stereocenters. The molecule has 0 saturated carbocycles. The maximum absolute atomic E-state index is 13.9. The predicted octanol–water partition coefficient (Wildman–Crippen LogP) is 2.24. The minimum Gasteiger partial charge on any atom is -0.378 e. The Labute approximate surface area is 108 Å². The number of hydrogen-bond donors (Lipinski definition) is 0. The summed E-state index contributed by atoms with van der Waals surface area (Å²) >= 11 is 3.07. The minimum absolute atomic E-state index is 0.113. The number of rotatable bonds is 3. The zero-order valence-electron chi connectivity index (χ0n) is 9.29. The van der Waals surface area contributed by atoms with Crippen molar-refractivity contribution in [3.8, 4) is 0 Å². The van der Waals surface area contributed by atoms with Gasteiger partial charge in [0.2, 0.25) is 0 Å². The van der Waals surface area contributed by atoms with Gasteiger partial charge in [-0.3, -0.25) is 4.79 Å². The molecule has 0 aromatic heterocycles. The molecule has 2 rings (SSSR count). The summed E-state index contributed by atoms with van der Waals surface area (Å²) in [6.45, 7) is 2.59. The molecule has 1 aliphatic rings. The van der Waals surface area contributed by atoms with Crippen LogP contribution in [0.4, 0.5) is 10.1 Å². The molecule has 0 bridgehead atoms. The third kappa shape index (κ3) is 2.84. The summed E-state index contributed by atoms with van der Waals surface area (Å²) in [6, 6.07) is 4.63. The van der Waals surface area contributed by atoms with E-state index in [-0.39, 0.29) is 16.9 Å². The Bertz CT molecular complexity index is 419. The molecule has 1 aromatic rings. The number of carbonyl (C=O) groups excluding carboxylic acids is 1. The standard InChI is InChI=1S/C12H13BrFNO2/c13-8-12(16)9-1-2-11(10(14)7-9)15-3-5-17-6-4-15/h1-2,7H,3-6,8H2. The van der Waals surface area contributed by atoms with Gasteiger partial charge in [0.15, 0.2) is 5.78 Å². The number of ketones is 1. The predicted molar refractivity (Wildman–Crippen MR) is 67.6 cm³/mol. The highest BCUT2D eigenvalue weighted by molar-refractivity contribution is 9.09. The van der Waals surface area contributed by atoms with Crippen molar-refractivity contribution in [1.29, 1.82) is 0 Å². The molecule has 5 heteroatoms. The molecule has 1 saturated heterocycles. The topological polar surface area (TPSA) is 29.5 Å². The molecular formula is C12H13BrFNO2. The van der Waals surface area contributed by atoms with E-state index < -0.39 is 0 Å². The number of morpholine rings is 1. The lowest BCUT2D eigenvalue weighted by molar-refractivity contribution is 0.102. The van der Waals surface area contributed by atoms with Crippen LogP contribution < -0.4 is 4.90 Å². The van der Waals surface area contributed by atoms with E-state index in [9.17, 15) is 9.18 Å². The molecule has 0 radical (unpaired) electrons. The second-order valence-electron chi connectivity index (χ2n) is 3.82. The lowest BCUT2D eigenvalue weighted by Crippen LogP contribution is -2.36. The third-order valence-electron chi connectivity index (χ3n) is 2.74. The highest BCUT2D eigenvalue weighted by atomic mass is 79.9. The van der Waals surface area contributed by atoms with E-state index in [0.29, 0.717) is 37.6 Å². The fraction of sp³-hybridized carbons (Fsp3) is 0.417. The highest BCUT2D eigenvalue weighted by Gasteiger charge is 2.16. The van der Waals surface area contributed by atoms with Crippen LogP contribution in [-0.4, -0.2) is 37.4 Å². The van der Waals surface area contributed by atoms with Crippen molar-refractivity contribution in [2.75, 3.05) is 36.5 Å². The van der Waals surface area contributed by atoms with Crippen molar-refractivity contribution in [3.05, 3.63) is 29.6 Å². The summed E-state index contributed by atoms with van der Waals surface area (Å²) in [5, 5.41) is 0.212. The normalized spacial score (nSPS) is 16.0. The number of benzene rings is 1. The van der Waals surface area contributed by atoms with Crippen molar-refractivity contribution in [1.82, 2.24) is 0 Å². The number of ether oxygens (including phenoxy) is 1. The lowest BCUT2D eigenvalue weighted by atomic mass is 10.1. The van der Waals surface area contributed by atoms with Crippen molar-refractivity contribution >= 4 is 27.4 Å². The maximum Gasteiger partial charge on any atom is 0.173 e. The van der Waals surface area contributed by atoms with Gasteiger partial charge in [-0.1, -0.05) is 15.9 Å². The number of nitrogens with zero attached hydrogens (tertiary/aromatic N) is 1. The van der Waals surface area contributed by atoms with Gasteiger partial charge in [-0.15, -0.1) is 0 Å². The second kappa shape index (κ2) is 5.60. The van der Waals surface area contributed by atoms with Crippen molar-refractivity contribution in [2.45, 2.75) is 0 Å². The van der Waals surface area contributed by atoms with E-state index in [0.717, 1.165) is 0 Å². The van der Waals surface area contributed by atoms with Crippen LogP contribution in [0.1, 0.15) is 10.4 Å². The van der Waals surface area contributed by atoms with Gasteiger partial charge in [0.05, 0.1) is 24.2 Å². The van der Waals surface area contributed by atoms with Crippen LogP contribution in [0.3, 0.4) is 0 Å². The Kier molecular flexibility index (Phi) is 4.12. The molecule has 0 amide bonds. The first-order valence-corrected chi connectivity index (χ1v) is 6.56. The Balaban J connectivity index is 2.21. The van der Waals surface area contributed by atoms with E-state index in [1.807, 2.05) is 4.90 Å². The quantitative estimate of drug-likeness (QED) is 0.633. The van der Waals surface area contributed by atoms with Gasteiger partial charge in [-0.05, 0) is 18.2 Å². The summed E-state index contributed by atoms with van der Waals surface area (Å²) in [7, 11) is 0. The van der Waals surface area contributed by atoms with Gasteiger partial charge >= 0.3 is 0 Å². The fourth-order valence-electron chi connectivity index (χ4n) is 1.82. The smallest absolute Gasteiger partial charge is 0.173 e. The average molecular weight is 302 g/mol. The molecule has 92 valence electrons. The average Bonchev–Trinajstić information content (AvgIpc) is 2.38. The van der Waals surface area contributed by atoms with Gasteiger partial charge in [0.1, 0.15) is 5.82 Å². The molecule has 0 unspecified atom stereocenters. The Morgan fingerprint density at radius 3 is 2.71 bits per heavy atom. The number of anilines is 1. The van der Waals surface area contributed by atoms with Gasteiger partial charge in [-0.2, -0.15) is 0 Å². The zero-order chi connectivity index (χ0) is 12.3. The first kappa shape index (κ1) is 12.5. The fourth-order valence-corrected chi connectivity index (χ4v) is 2.14. The first-order chi connectivity index (χ1) is 8.22. The van der Waals surface area contributed by atoms with Gasteiger partial charge < -0.3 is 9.64 Å². The van der Waals surface area contributed by atoms with E-state index in [1.54, 1.807) is 12.1 Å². The Morgan fingerprint density at radius 1 is 1.41 bits per heavy atom. The van der Waals surface area contributed by atoms with Crippen LogP contribution in [0.25, 0.3) is 0 Å². The third-order valence-corrected chi connectivity index (χ3v) is 3.25. The van der Waals surface area contributed by atoms with Crippen molar-refractivity contribution in [2.24, 2.45) is 0 Å². The summed E-state index contributed by atoms with van der Waals surface area (Å²) < 4.78 is 19.1. The molecule has 0 aliphatic carbocycles. The number of halogens is 2. The number of carbonyl (C=O) groups is 1. The van der Waals surface area contributed by atoms with Crippen LogP contribution in [-0.2, 0) is 4.74 Å². The van der Waals surface area contributed by atoms with Crippen LogP contribution in [0.15, 0.2) is 18.2 Å². The molecule has 1 fully saturated rings. The highest BCUT2D eigenvalue weighted by Crippen LogP contribution is 2.22. The van der Waals surface area contributed by atoms with E-state index >= 15 is 0 Å². The van der Waals surface area contributed by atoms with Crippen molar-refractivity contribution in [3.63, 3.8) is 0 Å². The van der Waals surface area contributed by atoms with E-state index in [2.05, 4.69) is 15.9 Å². The molecule has 1 aliphatic heterocycles. The van der Waals surface area contributed by atoms with Gasteiger partial charge in [-0.25, -0.2) is 4.39 Å². The number of Topliss-reactive ketones (excluding diaryl/α,β-unsaturated/α-hetero) is 1. The largest absolute Gasteiger partial charge is 0.378 e. The minimum atomic E-state index is -0.348. The molecule has 17 heavy (non-hydrogen) atoms. The molecule has 0 spiro atoms. The van der Waals surface area contributed by atoms with Crippen LogP contribution in [0.2, 0.25) is 0 Å². The molecule has 1 aromatic carbocycles. The first-order valence-electron chi connectivity index (χ1n) is 5.44. The molecule has 0 N–H and O–H groups in total. The SMILES string of the molecule is O=C(CBr)c1ccc(N2CCOCC2)c(F)c1. The zero-order valence-corrected chi connectivity index (χ0v) is 10.9. The second-order valence-corrected chi connectivity index (χ2v) is 4.38. The Morgan fingerprint density at radius 2 is 2.12 bits per heavy atom. The van der Waals surface area contributed by atoms with Gasteiger partial charge in [0, 0.05) is 18.7 Å². The van der Waals surface area contributed by atoms with Crippen LogP contribution >= 0.6 is 15.9 Å². The monoisotopic (exact) mass is 301 g/mol. The molecular weight excluding hydrogens is 289 g/mol. The van der Waals surface area contributed by atoms with Gasteiger partial charge in [0.25, 0.3) is 0 Å². The van der Waals surface area contributed by atoms with Crippen LogP contribution in [0.5, 0.6) is 0 Å². The van der Waals surface area contributed by atoms with Crippen molar-refractivity contribution < 1.29 is 13.9 Å².